The van der Waals surface area contributed by atoms with Gasteiger partial charge in [-0.3, -0.25) is 4.79 Å². The lowest BCUT2D eigenvalue weighted by molar-refractivity contribution is -0.122. The predicted molar refractivity (Wildman–Crippen MR) is 87.0 cm³/mol. The molecule has 0 radical (unpaired) electrons. The summed E-state index contributed by atoms with van der Waals surface area (Å²) in [5.74, 6) is 1.30. The molecule has 1 fully saturated rings. The standard InChI is InChI=1S/C18H27NO3/c1-13-9-14(2)11-17(10-13)22-8-7-18(21)19-16-5-3-15(12-20)4-6-16/h9-11,15-16,20H,3-8,12H2,1-2H3,(H,19,21). The number of rotatable bonds is 6. The van der Waals surface area contributed by atoms with Gasteiger partial charge in [0.25, 0.3) is 0 Å². The number of amides is 1. The minimum Gasteiger partial charge on any atom is -0.493 e. The maximum Gasteiger partial charge on any atom is 0.223 e. The van der Waals surface area contributed by atoms with E-state index in [9.17, 15) is 4.79 Å². The highest BCUT2D eigenvalue weighted by Crippen LogP contribution is 2.23. The van der Waals surface area contributed by atoms with Crippen molar-refractivity contribution in [1.29, 1.82) is 0 Å². The Morgan fingerprint density at radius 1 is 1.18 bits per heavy atom. The van der Waals surface area contributed by atoms with E-state index in [1.807, 2.05) is 26.0 Å². The van der Waals surface area contributed by atoms with E-state index in [1.165, 1.54) is 11.1 Å². The molecule has 1 saturated carbocycles. The van der Waals surface area contributed by atoms with E-state index in [4.69, 9.17) is 9.84 Å². The number of carbonyl (C=O) groups is 1. The van der Waals surface area contributed by atoms with Gasteiger partial charge in [-0.25, -0.2) is 0 Å². The minimum atomic E-state index is 0.0526. The average Bonchev–Trinajstić information content (AvgIpc) is 2.47. The second kappa shape index (κ2) is 8.18. The number of aryl methyl sites for hydroxylation is 2. The zero-order valence-corrected chi connectivity index (χ0v) is 13.6. The van der Waals surface area contributed by atoms with Crippen molar-refractivity contribution in [1.82, 2.24) is 5.32 Å². The first-order valence-corrected chi connectivity index (χ1v) is 8.18. The molecule has 4 heteroatoms. The van der Waals surface area contributed by atoms with E-state index in [1.54, 1.807) is 0 Å². The molecule has 0 saturated heterocycles. The summed E-state index contributed by atoms with van der Waals surface area (Å²) in [5, 5.41) is 12.2. The Morgan fingerprint density at radius 3 is 2.41 bits per heavy atom. The number of aliphatic hydroxyl groups is 1. The van der Waals surface area contributed by atoms with Crippen LogP contribution in [0.3, 0.4) is 0 Å². The van der Waals surface area contributed by atoms with Gasteiger partial charge < -0.3 is 15.2 Å². The molecule has 1 amide bonds. The Balaban J connectivity index is 1.67. The number of hydrogen-bond acceptors (Lipinski definition) is 3. The molecule has 0 unspecified atom stereocenters. The molecule has 0 bridgehead atoms. The minimum absolute atomic E-state index is 0.0526. The van der Waals surface area contributed by atoms with Gasteiger partial charge in [-0.1, -0.05) is 6.07 Å². The summed E-state index contributed by atoms with van der Waals surface area (Å²) in [6.45, 7) is 4.75. The van der Waals surface area contributed by atoms with Gasteiger partial charge in [-0.05, 0) is 68.7 Å². The highest BCUT2D eigenvalue weighted by Gasteiger charge is 2.21. The van der Waals surface area contributed by atoms with Crippen molar-refractivity contribution in [3.8, 4) is 5.75 Å². The van der Waals surface area contributed by atoms with Crippen LogP contribution < -0.4 is 10.1 Å². The lowest BCUT2D eigenvalue weighted by atomic mass is 9.86. The Bertz CT molecular complexity index is 473. The molecule has 1 aliphatic rings. The maximum absolute atomic E-state index is 11.9. The van der Waals surface area contributed by atoms with Gasteiger partial charge in [0.05, 0.1) is 13.0 Å². The third kappa shape index (κ3) is 5.34. The van der Waals surface area contributed by atoms with Crippen molar-refractivity contribution in [3.05, 3.63) is 29.3 Å². The van der Waals surface area contributed by atoms with Crippen molar-refractivity contribution < 1.29 is 14.6 Å². The summed E-state index contributed by atoms with van der Waals surface area (Å²) >= 11 is 0. The van der Waals surface area contributed by atoms with E-state index in [0.29, 0.717) is 18.9 Å². The van der Waals surface area contributed by atoms with Crippen LogP contribution in [0.15, 0.2) is 18.2 Å². The summed E-state index contributed by atoms with van der Waals surface area (Å²) in [5.41, 5.74) is 2.33. The van der Waals surface area contributed by atoms with Crippen LogP contribution in [0.5, 0.6) is 5.75 Å². The first kappa shape index (κ1) is 16.8. The molecule has 122 valence electrons. The van der Waals surface area contributed by atoms with Crippen molar-refractivity contribution in [2.45, 2.75) is 52.0 Å². The third-order valence-corrected chi connectivity index (χ3v) is 4.26. The molecule has 22 heavy (non-hydrogen) atoms. The van der Waals surface area contributed by atoms with Crippen LogP contribution in [0.2, 0.25) is 0 Å². The fourth-order valence-corrected chi connectivity index (χ4v) is 3.07. The average molecular weight is 305 g/mol. The van der Waals surface area contributed by atoms with Gasteiger partial charge in [0, 0.05) is 12.6 Å². The molecule has 0 spiro atoms. The van der Waals surface area contributed by atoms with Crippen LogP contribution in [0.1, 0.15) is 43.2 Å². The smallest absolute Gasteiger partial charge is 0.223 e. The van der Waals surface area contributed by atoms with Crippen LogP contribution in [0.25, 0.3) is 0 Å². The zero-order chi connectivity index (χ0) is 15.9. The van der Waals surface area contributed by atoms with Gasteiger partial charge in [0.2, 0.25) is 5.91 Å². The largest absolute Gasteiger partial charge is 0.493 e. The molecular formula is C18H27NO3. The van der Waals surface area contributed by atoms with E-state index < -0.39 is 0 Å². The zero-order valence-electron chi connectivity index (χ0n) is 13.6. The van der Waals surface area contributed by atoms with Crippen molar-refractivity contribution >= 4 is 5.91 Å². The first-order chi connectivity index (χ1) is 10.6. The molecule has 0 aliphatic heterocycles. The Morgan fingerprint density at radius 2 is 1.82 bits per heavy atom. The van der Waals surface area contributed by atoms with E-state index in [2.05, 4.69) is 11.4 Å². The highest BCUT2D eigenvalue weighted by molar-refractivity contribution is 5.76. The fraction of sp³-hybridized carbons (Fsp3) is 0.611. The Hall–Kier alpha value is -1.55. The number of hydrogen-bond donors (Lipinski definition) is 2. The summed E-state index contributed by atoms with van der Waals surface area (Å²) in [4.78, 5) is 11.9. The van der Waals surface area contributed by atoms with Crippen LogP contribution in [-0.2, 0) is 4.79 Å². The molecule has 1 aromatic rings. The van der Waals surface area contributed by atoms with Gasteiger partial charge in [-0.2, -0.15) is 0 Å². The van der Waals surface area contributed by atoms with E-state index in [-0.39, 0.29) is 18.6 Å². The molecular weight excluding hydrogens is 278 g/mol. The SMILES string of the molecule is Cc1cc(C)cc(OCCC(=O)NC2CCC(CO)CC2)c1. The molecule has 0 aromatic heterocycles. The Labute approximate surface area is 132 Å². The molecule has 4 nitrogen and oxygen atoms in total. The summed E-state index contributed by atoms with van der Waals surface area (Å²) in [6, 6.07) is 6.33. The quantitative estimate of drug-likeness (QED) is 0.849. The normalized spacial score (nSPS) is 21.4. The summed E-state index contributed by atoms with van der Waals surface area (Å²) in [6.07, 6.45) is 4.32. The number of nitrogens with one attached hydrogen (secondary N) is 1. The maximum atomic E-state index is 11.9. The van der Waals surface area contributed by atoms with Gasteiger partial charge in [0.1, 0.15) is 5.75 Å². The molecule has 1 aromatic carbocycles. The van der Waals surface area contributed by atoms with Crippen LogP contribution >= 0.6 is 0 Å². The van der Waals surface area contributed by atoms with Gasteiger partial charge >= 0.3 is 0 Å². The molecule has 0 heterocycles. The number of carbonyl (C=O) groups excluding carboxylic acids is 1. The lowest BCUT2D eigenvalue weighted by Crippen LogP contribution is -2.38. The predicted octanol–water partition coefficient (Wildman–Crippen LogP) is 2.74. The second-order valence-corrected chi connectivity index (χ2v) is 6.39. The molecule has 2 rings (SSSR count). The third-order valence-electron chi connectivity index (χ3n) is 4.26. The number of aliphatic hydroxyl groups excluding tert-OH is 1. The number of ether oxygens (including phenoxy) is 1. The van der Waals surface area contributed by atoms with Crippen molar-refractivity contribution in [2.24, 2.45) is 5.92 Å². The first-order valence-electron chi connectivity index (χ1n) is 8.18. The lowest BCUT2D eigenvalue weighted by Gasteiger charge is -2.27. The van der Waals surface area contributed by atoms with Crippen molar-refractivity contribution in [2.75, 3.05) is 13.2 Å². The van der Waals surface area contributed by atoms with E-state index >= 15 is 0 Å². The van der Waals surface area contributed by atoms with E-state index in [0.717, 1.165) is 31.4 Å². The molecule has 1 aliphatic carbocycles. The van der Waals surface area contributed by atoms with Gasteiger partial charge in [0.15, 0.2) is 0 Å². The fourth-order valence-electron chi connectivity index (χ4n) is 3.07. The van der Waals surface area contributed by atoms with Crippen LogP contribution in [0.4, 0.5) is 0 Å². The highest BCUT2D eigenvalue weighted by atomic mass is 16.5. The van der Waals surface area contributed by atoms with Gasteiger partial charge in [-0.15, -0.1) is 0 Å². The molecule has 2 N–H and O–H groups in total. The topological polar surface area (TPSA) is 58.6 Å². The summed E-state index contributed by atoms with van der Waals surface area (Å²) < 4.78 is 5.67. The van der Waals surface area contributed by atoms with Crippen LogP contribution in [0, 0.1) is 19.8 Å². The number of benzene rings is 1. The van der Waals surface area contributed by atoms with Crippen molar-refractivity contribution in [3.63, 3.8) is 0 Å². The molecule has 0 atom stereocenters. The second-order valence-electron chi connectivity index (χ2n) is 6.39. The van der Waals surface area contributed by atoms with Crippen LogP contribution in [-0.4, -0.2) is 30.3 Å². The monoisotopic (exact) mass is 305 g/mol. The summed E-state index contributed by atoms with van der Waals surface area (Å²) in [7, 11) is 0. The Kier molecular flexibility index (Phi) is 6.25.